The van der Waals surface area contributed by atoms with E-state index in [1.165, 1.54) is 0 Å². The Morgan fingerprint density at radius 2 is 1.92 bits per heavy atom. The molecule has 0 aromatic heterocycles. The molecule has 68 valence electrons. The van der Waals surface area contributed by atoms with Crippen molar-refractivity contribution in [1.29, 1.82) is 0 Å². The summed E-state index contributed by atoms with van der Waals surface area (Å²) in [5.74, 6) is -0.448. The van der Waals surface area contributed by atoms with Gasteiger partial charge in [-0.2, -0.15) is 0 Å². The molecule has 13 heavy (non-hydrogen) atoms. The molecule has 4 N–H and O–H groups in total. The van der Waals surface area contributed by atoms with Gasteiger partial charge in [0.15, 0.2) is 0 Å². The molecule has 0 saturated carbocycles. The van der Waals surface area contributed by atoms with Crippen LogP contribution in [-0.2, 0) is 4.79 Å². The third kappa shape index (κ3) is 2.42. The predicted octanol–water partition coefficient (Wildman–Crippen LogP) is 0.514. The second-order valence-corrected chi connectivity index (χ2v) is 2.58. The summed E-state index contributed by atoms with van der Waals surface area (Å²) in [6.07, 6.45) is 1.62. The summed E-state index contributed by atoms with van der Waals surface area (Å²) < 4.78 is 0. The van der Waals surface area contributed by atoms with Crippen LogP contribution >= 0.6 is 0 Å². The Morgan fingerprint density at radius 1 is 1.31 bits per heavy atom. The maximum absolute atomic E-state index is 11.0. The molecule has 3 heteroatoms. The molecular formula is C10H12N2O. The molecule has 1 amide bonds. The predicted molar refractivity (Wildman–Crippen MR) is 52.7 cm³/mol. The highest BCUT2D eigenvalue weighted by atomic mass is 16.1. The van der Waals surface area contributed by atoms with Crippen molar-refractivity contribution in [2.75, 3.05) is 6.54 Å². The minimum absolute atomic E-state index is 0.313. The van der Waals surface area contributed by atoms with Gasteiger partial charge in [-0.15, -0.1) is 0 Å². The standard InChI is InChI=1S/C10H12N2O/c11-7-6-9(10(12)13)8-4-2-1-3-5-8/h1-6H,7,11H2,(H2,12,13). The van der Waals surface area contributed by atoms with Crippen LogP contribution < -0.4 is 11.5 Å². The van der Waals surface area contributed by atoms with E-state index in [0.29, 0.717) is 12.1 Å². The Morgan fingerprint density at radius 3 is 2.38 bits per heavy atom. The van der Waals surface area contributed by atoms with Gasteiger partial charge in [-0.05, 0) is 5.56 Å². The smallest absolute Gasteiger partial charge is 0.249 e. The fraction of sp³-hybridized carbons (Fsp3) is 0.100. The summed E-state index contributed by atoms with van der Waals surface area (Å²) in [4.78, 5) is 11.0. The maximum atomic E-state index is 11.0. The molecule has 1 aromatic carbocycles. The monoisotopic (exact) mass is 176 g/mol. The first kappa shape index (κ1) is 9.48. The normalized spacial score (nSPS) is 11.3. The number of nitrogens with two attached hydrogens (primary N) is 2. The maximum Gasteiger partial charge on any atom is 0.249 e. The van der Waals surface area contributed by atoms with Crippen molar-refractivity contribution in [3.8, 4) is 0 Å². The number of benzene rings is 1. The second kappa shape index (κ2) is 4.42. The Kier molecular flexibility index (Phi) is 3.23. The van der Waals surface area contributed by atoms with Gasteiger partial charge in [-0.3, -0.25) is 4.79 Å². The molecule has 0 aliphatic heterocycles. The van der Waals surface area contributed by atoms with Crippen LogP contribution in [0.25, 0.3) is 5.57 Å². The van der Waals surface area contributed by atoms with Gasteiger partial charge in [0.2, 0.25) is 5.91 Å². The summed E-state index contributed by atoms with van der Waals surface area (Å²) in [6.45, 7) is 0.313. The van der Waals surface area contributed by atoms with Crippen LogP contribution in [-0.4, -0.2) is 12.5 Å². The van der Waals surface area contributed by atoms with Crippen molar-refractivity contribution in [2.24, 2.45) is 11.5 Å². The van der Waals surface area contributed by atoms with E-state index in [0.717, 1.165) is 5.56 Å². The molecule has 3 nitrogen and oxygen atoms in total. The zero-order chi connectivity index (χ0) is 9.68. The lowest BCUT2D eigenvalue weighted by molar-refractivity contribution is -0.112. The molecule has 0 saturated heterocycles. The minimum Gasteiger partial charge on any atom is -0.366 e. The van der Waals surface area contributed by atoms with E-state index in [1.807, 2.05) is 30.3 Å². The summed E-state index contributed by atoms with van der Waals surface area (Å²) in [5.41, 5.74) is 11.8. The molecule has 0 fully saturated rings. The lowest BCUT2D eigenvalue weighted by Gasteiger charge is -2.01. The van der Waals surface area contributed by atoms with Crippen molar-refractivity contribution in [3.63, 3.8) is 0 Å². The highest BCUT2D eigenvalue weighted by molar-refractivity contribution is 6.18. The topological polar surface area (TPSA) is 69.1 Å². The third-order valence-electron chi connectivity index (χ3n) is 1.67. The van der Waals surface area contributed by atoms with Gasteiger partial charge in [0.25, 0.3) is 0 Å². The van der Waals surface area contributed by atoms with Gasteiger partial charge in [0.05, 0.1) is 0 Å². The van der Waals surface area contributed by atoms with Gasteiger partial charge in [0.1, 0.15) is 0 Å². The van der Waals surface area contributed by atoms with Gasteiger partial charge in [-0.1, -0.05) is 36.4 Å². The van der Waals surface area contributed by atoms with Crippen LogP contribution in [0.2, 0.25) is 0 Å². The molecule has 1 rings (SSSR count). The van der Waals surface area contributed by atoms with Crippen molar-refractivity contribution >= 4 is 11.5 Å². The lowest BCUT2D eigenvalue weighted by atomic mass is 10.1. The number of primary amides is 1. The van der Waals surface area contributed by atoms with Crippen LogP contribution in [0.3, 0.4) is 0 Å². The van der Waals surface area contributed by atoms with Crippen LogP contribution in [0.4, 0.5) is 0 Å². The molecule has 0 aliphatic rings. The quantitative estimate of drug-likeness (QED) is 0.659. The minimum atomic E-state index is -0.448. The average Bonchev–Trinajstić information content (AvgIpc) is 2.15. The molecule has 0 unspecified atom stereocenters. The Labute approximate surface area is 77.0 Å². The molecule has 0 bridgehead atoms. The molecular weight excluding hydrogens is 164 g/mol. The lowest BCUT2D eigenvalue weighted by Crippen LogP contribution is -2.14. The van der Waals surface area contributed by atoms with E-state index in [1.54, 1.807) is 6.08 Å². The molecule has 0 atom stereocenters. The van der Waals surface area contributed by atoms with Gasteiger partial charge in [-0.25, -0.2) is 0 Å². The Bertz CT molecular complexity index is 317. The zero-order valence-corrected chi connectivity index (χ0v) is 7.23. The van der Waals surface area contributed by atoms with Crippen molar-refractivity contribution in [2.45, 2.75) is 0 Å². The first-order valence-electron chi connectivity index (χ1n) is 4.01. The second-order valence-electron chi connectivity index (χ2n) is 2.58. The number of carbonyl (C=O) groups excluding carboxylic acids is 1. The van der Waals surface area contributed by atoms with E-state index in [9.17, 15) is 4.79 Å². The number of hydrogen-bond donors (Lipinski definition) is 2. The molecule has 0 radical (unpaired) electrons. The Balaban J connectivity index is 3.03. The number of amides is 1. The van der Waals surface area contributed by atoms with Gasteiger partial charge < -0.3 is 11.5 Å². The molecule has 1 aromatic rings. The van der Waals surface area contributed by atoms with Gasteiger partial charge >= 0.3 is 0 Å². The first-order chi connectivity index (χ1) is 6.25. The highest BCUT2D eigenvalue weighted by Crippen LogP contribution is 2.12. The van der Waals surface area contributed by atoms with Crippen molar-refractivity contribution < 1.29 is 4.79 Å². The molecule has 0 aliphatic carbocycles. The highest BCUT2D eigenvalue weighted by Gasteiger charge is 2.05. The number of hydrogen-bond acceptors (Lipinski definition) is 2. The summed E-state index contributed by atoms with van der Waals surface area (Å²) >= 11 is 0. The molecule has 0 spiro atoms. The van der Waals surface area contributed by atoms with Crippen LogP contribution in [0.5, 0.6) is 0 Å². The van der Waals surface area contributed by atoms with E-state index in [-0.39, 0.29) is 0 Å². The number of carbonyl (C=O) groups is 1. The van der Waals surface area contributed by atoms with Crippen LogP contribution in [0, 0.1) is 0 Å². The average molecular weight is 176 g/mol. The SMILES string of the molecule is NCC=C(C(N)=O)c1ccccc1. The third-order valence-corrected chi connectivity index (χ3v) is 1.67. The fourth-order valence-electron chi connectivity index (χ4n) is 1.10. The van der Waals surface area contributed by atoms with Gasteiger partial charge in [0, 0.05) is 12.1 Å². The van der Waals surface area contributed by atoms with E-state index in [2.05, 4.69) is 0 Å². The summed E-state index contributed by atoms with van der Waals surface area (Å²) in [5, 5.41) is 0. The Hall–Kier alpha value is -1.61. The summed E-state index contributed by atoms with van der Waals surface area (Å²) in [6, 6.07) is 9.23. The van der Waals surface area contributed by atoms with Crippen molar-refractivity contribution in [1.82, 2.24) is 0 Å². The van der Waals surface area contributed by atoms with Crippen molar-refractivity contribution in [3.05, 3.63) is 42.0 Å². The van der Waals surface area contributed by atoms with Crippen LogP contribution in [0.15, 0.2) is 36.4 Å². The van der Waals surface area contributed by atoms with E-state index >= 15 is 0 Å². The zero-order valence-electron chi connectivity index (χ0n) is 7.23. The van der Waals surface area contributed by atoms with E-state index < -0.39 is 5.91 Å². The first-order valence-corrected chi connectivity index (χ1v) is 4.01. The largest absolute Gasteiger partial charge is 0.366 e. The number of rotatable bonds is 3. The summed E-state index contributed by atoms with van der Waals surface area (Å²) in [7, 11) is 0. The molecule has 0 heterocycles. The van der Waals surface area contributed by atoms with E-state index in [4.69, 9.17) is 11.5 Å². The fourth-order valence-corrected chi connectivity index (χ4v) is 1.10. The van der Waals surface area contributed by atoms with Crippen LogP contribution in [0.1, 0.15) is 5.56 Å².